The van der Waals surface area contributed by atoms with Gasteiger partial charge in [0, 0.05) is 13.0 Å². The Morgan fingerprint density at radius 3 is 2.35 bits per heavy atom. The topological polar surface area (TPSA) is 95.6 Å². The molecule has 2 unspecified atom stereocenters. The van der Waals surface area contributed by atoms with Gasteiger partial charge in [-0.15, -0.1) is 0 Å². The second kappa shape index (κ2) is 4.88. The number of amides is 5. The largest absolute Gasteiger partial charge is 0.354 e. The third-order valence-electron chi connectivity index (χ3n) is 4.43. The van der Waals surface area contributed by atoms with Crippen LogP contribution in [0.3, 0.4) is 0 Å². The van der Waals surface area contributed by atoms with Crippen LogP contribution in [-0.4, -0.2) is 41.2 Å². The lowest BCUT2D eigenvalue weighted by atomic mass is 9.87. The predicted molar refractivity (Wildman–Crippen MR) is 67.2 cm³/mol. The molecule has 3 rings (SSSR count). The van der Waals surface area contributed by atoms with Crippen LogP contribution in [0.25, 0.3) is 0 Å². The van der Waals surface area contributed by atoms with Crippen molar-refractivity contribution < 1.29 is 19.2 Å². The van der Waals surface area contributed by atoms with Crippen LogP contribution in [0.4, 0.5) is 4.79 Å². The smallest absolute Gasteiger partial charge is 0.331 e. The summed E-state index contributed by atoms with van der Waals surface area (Å²) in [5, 5.41) is 4.87. The van der Waals surface area contributed by atoms with Gasteiger partial charge in [-0.25, -0.2) is 4.79 Å². The van der Waals surface area contributed by atoms with Crippen molar-refractivity contribution in [2.45, 2.75) is 38.1 Å². The first kappa shape index (κ1) is 13.1. The number of nitrogens with zero attached hydrogens (tertiary/aromatic N) is 1. The Kier molecular flexibility index (Phi) is 3.19. The molecule has 2 saturated heterocycles. The van der Waals surface area contributed by atoms with Gasteiger partial charge < -0.3 is 5.32 Å². The summed E-state index contributed by atoms with van der Waals surface area (Å²) in [5.41, 5.74) is 0. The summed E-state index contributed by atoms with van der Waals surface area (Å²) >= 11 is 0. The van der Waals surface area contributed by atoms with Gasteiger partial charge in [0.15, 0.2) is 0 Å². The molecule has 108 valence electrons. The van der Waals surface area contributed by atoms with E-state index in [0.29, 0.717) is 0 Å². The first-order valence-corrected chi connectivity index (χ1v) is 7.02. The van der Waals surface area contributed by atoms with Gasteiger partial charge in [-0.1, -0.05) is 12.8 Å². The van der Waals surface area contributed by atoms with Gasteiger partial charge in [0.05, 0.1) is 6.04 Å². The van der Waals surface area contributed by atoms with Gasteiger partial charge in [0.1, 0.15) is 5.92 Å². The molecule has 0 radical (unpaired) electrons. The fourth-order valence-corrected chi connectivity index (χ4v) is 3.43. The van der Waals surface area contributed by atoms with E-state index in [0.717, 1.165) is 30.6 Å². The molecule has 2 atom stereocenters. The van der Waals surface area contributed by atoms with Crippen molar-refractivity contribution in [3.63, 3.8) is 0 Å². The Balaban J connectivity index is 1.82. The summed E-state index contributed by atoms with van der Waals surface area (Å²) in [4.78, 5) is 48.7. The molecule has 0 aromatic carbocycles. The number of rotatable bonds is 2. The van der Waals surface area contributed by atoms with Gasteiger partial charge in [-0.3, -0.25) is 24.6 Å². The van der Waals surface area contributed by atoms with Crippen LogP contribution < -0.4 is 10.6 Å². The molecule has 1 saturated carbocycles. The summed E-state index contributed by atoms with van der Waals surface area (Å²) < 4.78 is 0. The number of barbiturate groups is 1. The van der Waals surface area contributed by atoms with E-state index >= 15 is 0 Å². The molecule has 5 amide bonds. The van der Waals surface area contributed by atoms with Crippen LogP contribution in [0.2, 0.25) is 0 Å². The summed E-state index contributed by atoms with van der Waals surface area (Å²) in [5.74, 6) is -1.86. The van der Waals surface area contributed by atoms with E-state index in [9.17, 15) is 19.2 Å². The maximum Gasteiger partial charge on any atom is 0.331 e. The van der Waals surface area contributed by atoms with Crippen molar-refractivity contribution in [2.75, 3.05) is 6.54 Å². The zero-order valence-electron chi connectivity index (χ0n) is 11.1. The maximum atomic E-state index is 12.5. The lowest BCUT2D eigenvalue weighted by Crippen LogP contribution is -2.62. The number of carbonyl (C=O) groups is 4. The molecule has 3 fully saturated rings. The van der Waals surface area contributed by atoms with E-state index in [2.05, 4.69) is 10.6 Å². The number of hydrogen-bond donors (Lipinski definition) is 2. The Morgan fingerprint density at radius 2 is 1.75 bits per heavy atom. The van der Waals surface area contributed by atoms with Crippen molar-refractivity contribution >= 4 is 23.8 Å². The summed E-state index contributed by atoms with van der Waals surface area (Å²) in [6.07, 6.45) is 3.82. The molecule has 2 heterocycles. The third kappa shape index (κ3) is 2.07. The van der Waals surface area contributed by atoms with Crippen molar-refractivity contribution in [2.24, 2.45) is 11.8 Å². The van der Waals surface area contributed by atoms with Crippen LogP contribution >= 0.6 is 0 Å². The first-order valence-electron chi connectivity index (χ1n) is 7.02. The fraction of sp³-hybridized carbons (Fsp3) is 0.692. The minimum absolute atomic E-state index is 0.0168. The second-order valence-corrected chi connectivity index (χ2v) is 5.69. The van der Waals surface area contributed by atoms with E-state index in [-0.39, 0.29) is 24.8 Å². The first-order chi connectivity index (χ1) is 9.58. The Bertz CT molecular complexity index is 484. The monoisotopic (exact) mass is 279 g/mol. The van der Waals surface area contributed by atoms with Crippen molar-refractivity contribution in [3.8, 4) is 0 Å². The number of urea groups is 1. The van der Waals surface area contributed by atoms with Crippen LogP contribution in [0, 0.1) is 11.8 Å². The minimum atomic E-state index is -0.772. The highest BCUT2D eigenvalue weighted by Gasteiger charge is 2.48. The van der Waals surface area contributed by atoms with Crippen LogP contribution in [0.15, 0.2) is 0 Å². The third-order valence-corrected chi connectivity index (χ3v) is 4.43. The fourth-order valence-electron chi connectivity index (χ4n) is 3.43. The molecule has 1 aliphatic carbocycles. The van der Waals surface area contributed by atoms with E-state index in [1.165, 1.54) is 0 Å². The normalized spacial score (nSPS) is 31.7. The number of nitrogens with one attached hydrogen (secondary N) is 2. The van der Waals surface area contributed by atoms with E-state index in [1.54, 1.807) is 0 Å². The van der Waals surface area contributed by atoms with Crippen LogP contribution in [0.5, 0.6) is 0 Å². The minimum Gasteiger partial charge on any atom is -0.354 e. The number of carbonyl (C=O) groups excluding carboxylic acids is 4. The highest BCUT2D eigenvalue weighted by Crippen LogP contribution is 2.34. The maximum absolute atomic E-state index is 12.5. The molecule has 0 spiro atoms. The summed E-state index contributed by atoms with van der Waals surface area (Å²) in [6.45, 7) is 0.267. The molecule has 20 heavy (non-hydrogen) atoms. The lowest BCUT2D eigenvalue weighted by Gasteiger charge is -2.35. The number of imide groups is 2. The van der Waals surface area contributed by atoms with Crippen molar-refractivity contribution in [1.82, 2.24) is 15.5 Å². The van der Waals surface area contributed by atoms with Gasteiger partial charge in [0.25, 0.3) is 0 Å². The molecule has 7 nitrogen and oxygen atoms in total. The average Bonchev–Trinajstić information content (AvgIpc) is 3.01. The molecule has 0 aromatic heterocycles. The zero-order chi connectivity index (χ0) is 14.3. The average molecular weight is 279 g/mol. The zero-order valence-corrected chi connectivity index (χ0v) is 11.1. The van der Waals surface area contributed by atoms with E-state index < -0.39 is 29.8 Å². The molecule has 3 aliphatic rings. The molecular formula is C13H17N3O4. The van der Waals surface area contributed by atoms with E-state index in [4.69, 9.17) is 0 Å². The molecule has 7 heteroatoms. The SMILES string of the molecule is O=C1CC(N2C(=O)NC(=O)C(C3CCCC3)C2=O)CN1. The predicted octanol–water partition coefficient (Wildman–Crippen LogP) is -0.240. The lowest BCUT2D eigenvalue weighted by molar-refractivity contribution is -0.146. The highest BCUT2D eigenvalue weighted by molar-refractivity contribution is 6.16. The highest BCUT2D eigenvalue weighted by atomic mass is 16.2. The Hall–Kier alpha value is -1.92. The standard InChI is InChI=1S/C13H17N3O4/c17-9-5-8(6-14-9)16-12(19)10(7-3-1-2-4-7)11(18)15-13(16)20/h7-8,10H,1-6H2,(H,14,17)(H,15,18,20). The Morgan fingerprint density at radius 1 is 1.05 bits per heavy atom. The molecule has 2 N–H and O–H groups in total. The van der Waals surface area contributed by atoms with Crippen LogP contribution in [-0.2, 0) is 14.4 Å². The Labute approximate surface area is 116 Å². The molecular weight excluding hydrogens is 262 g/mol. The second-order valence-electron chi connectivity index (χ2n) is 5.69. The van der Waals surface area contributed by atoms with Gasteiger partial charge in [-0.05, 0) is 18.8 Å². The van der Waals surface area contributed by atoms with E-state index in [1.807, 2.05) is 0 Å². The molecule has 2 aliphatic heterocycles. The molecule has 0 aromatic rings. The molecule has 0 bridgehead atoms. The van der Waals surface area contributed by atoms with Crippen molar-refractivity contribution in [3.05, 3.63) is 0 Å². The van der Waals surface area contributed by atoms with Gasteiger partial charge >= 0.3 is 6.03 Å². The van der Waals surface area contributed by atoms with Crippen molar-refractivity contribution in [1.29, 1.82) is 0 Å². The van der Waals surface area contributed by atoms with Gasteiger partial charge in [0.2, 0.25) is 17.7 Å². The van der Waals surface area contributed by atoms with Gasteiger partial charge in [-0.2, -0.15) is 0 Å². The van der Waals surface area contributed by atoms with Crippen LogP contribution in [0.1, 0.15) is 32.1 Å². The summed E-state index contributed by atoms with van der Waals surface area (Å²) in [6, 6.07) is -1.18. The summed E-state index contributed by atoms with van der Waals surface area (Å²) in [7, 11) is 0. The number of hydrogen-bond acceptors (Lipinski definition) is 4. The quantitative estimate of drug-likeness (QED) is 0.682.